The van der Waals surface area contributed by atoms with Gasteiger partial charge in [-0.2, -0.15) is 17.6 Å². The van der Waals surface area contributed by atoms with Crippen LogP contribution in [0.4, 0.5) is 57.1 Å². The molecule has 0 radical (unpaired) electrons. The maximum absolute atomic E-state index is 14.4. The van der Waals surface area contributed by atoms with Crippen LogP contribution in [0.25, 0.3) is 0 Å². The van der Waals surface area contributed by atoms with Crippen LogP contribution in [-0.2, 0) is 4.74 Å². The van der Waals surface area contributed by atoms with Gasteiger partial charge in [-0.15, -0.1) is 0 Å². The van der Waals surface area contributed by atoms with Gasteiger partial charge in [0.25, 0.3) is 23.7 Å². The Balaban J connectivity index is 6.92. The van der Waals surface area contributed by atoms with Gasteiger partial charge in [0.2, 0.25) is 5.41 Å². The van der Waals surface area contributed by atoms with E-state index in [9.17, 15) is 57.1 Å². The minimum absolute atomic E-state index is 0.301. The molecule has 1 nitrogen and oxygen atoms in total. The lowest BCUT2D eigenvalue weighted by Gasteiger charge is -2.50. The average molecular weight is 462 g/mol. The average Bonchev–Trinajstić information content (AvgIpc) is 2.30. The summed E-state index contributed by atoms with van der Waals surface area (Å²) in [5.41, 5.74) is -10.7. The molecule has 0 N–H and O–H groups in total. The Hall–Kier alpha value is -0.950. The number of alkyl halides is 13. The molecule has 0 amide bonds. The molecule has 0 heterocycles. The van der Waals surface area contributed by atoms with Crippen LogP contribution < -0.4 is 0 Å². The lowest BCUT2D eigenvalue weighted by atomic mass is 9.72. The first-order chi connectivity index (χ1) is 12.3. The predicted octanol–water partition coefficient (Wildman–Crippen LogP) is 7.16. The molecule has 0 aromatic rings. The van der Waals surface area contributed by atoms with E-state index in [2.05, 4.69) is 4.74 Å². The van der Waals surface area contributed by atoms with Crippen LogP contribution in [0.1, 0.15) is 41.0 Å². The van der Waals surface area contributed by atoms with Crippen LogP contribution in [0.15, 0.2) is 0 Å². The minimum Gasteiger partial charge on any atom is -0.254 e. The lowest BCUT2D eigenvalue weighted by molar-refractivity contribution is -0.501. The van der Waals surface area contributed by atoms with Crippen LogP contribution in [0.2, 0.25) is 0 Å². The highest BCUT2D eigenvalue weighted by Gasteiger charge is 2.83. The molecular weight excluding hydrogens is 443 g/mol. The SMILES string of the molecule is CCC(C(C)(F)F)(C(C)(F)F)C(F)(F)OC(F)(F)C(CF)(C(C)(F)F)C(C)(F)F. The monoisotopic (exact) mass is 462 g/mol. The topological polar surface area (TPSA) is 9.23 Å². The maximum Gasteiger partial charge on any atom is 0.380 e. The van der Waals surface area contributed by atoms with E-state index in [0.717, 1.165) is 0 Å². The molecular formula is C15H19F13O. The highest BCUT2D eigenvalue weighted by molar-refractivity contribution is 5.08. The van der Waals surface area contributed by atoms with Crippen molar-refractivity contribution in [2.75, 3.05) is 6.67 Å². The van der Waals surface area contributed by atoms with Crippen molar-refractivity contribution in [3.8, 4) is 0 Å². The van der Waals surface area contributed by atoms with Crippen LogP contribution in [0.5, 0.6) is 0 Å². The van der Waals surface area contributed by atoms with E-state index in [0.29, 0.717) is 6.92 Å². The van der Waals surface area contributed by atoms with E-state index in [1.807, 2.05) is 0 Å². The Kier molecular flexibility index (Phi) is 7.09. The van der Waals surface area contributed by atoms with Crippen molar-refractivity contribution >= 4 is 0 Å². The third kappa shape index (κ3) is 4.01. The highest BCUT2D eigenvalue weighted by atomic mass is 19.3. The fourth-order valence-electron chi connectivity index (χ4n) is 3.27. The Morgan fingerprint density at radius 3 is 0.931 bits per heavy atom. The Morgan fingerprint density at radius 2 is 0.759 bits per heavy atom. The van der Waals surface area contributed by atoms with Crippen molar-refractivity contribution in [1.29, 1.82) is 0 Å². The summed E-state index contributed by atoms with van der Waals surface area (Å²) in [6.07, 6.45) is -14.9. The standard InChI is InChI=1S/C15H19F13O/c1-6-12(8(2,17)18,9(3,19)20)14(25,26)29-15(27,28)13(7-16,10(4,21)22)11(5,23)24/h6-7H2,1-5H3. The van der Waals surface area contributed by atoms with E-state index in [-0.39, 0.29) is 0 Å². The first-order valence-corrected chi connectivity index (χ1v) is 7.86. The van der Waals surface area contributed by atoms with E-state index in [1.54, 1.807) is 0 Å². The van der Waals surface area contributed by atoms with Gasteiger partial charge < -0.3 is 0 Å². The number of halogens is 13. The normalized spacial score (nSPS) is 16.3. The largest absolute Gasteiger partial charge is 0.380 e. The molecule has 176 valence electrons. The molecule has 0 bridgehead atoms. The van der Waals surface area contributed by atoms with Gasteiger partial charge in [0.05, 0.1) is 0 Å². The zero-order valence-corrected chi connectivity index (χ0v) is 15.7. The minimum atomic E-state index is -6.58. The molecule has 0 aromatic heterocycles. The number of rotatable bonds is 10. The summed E-state index contributed by atoms with van der Waals surface area (Å²) in [4.78, 5) is 0. The summed E-state index contributed by atoms with van der Waals surface area (Å²) in [6, 6.07) is 0. The van der Waals surface area contributed by atoms with E-state index in [4.69, 9.17) is 0 Å². The van der Waals surface area contributed by atoms with Gasteiger partial charge in [-0.05, 0) is 6.42 Å². The predicted molar refractivity (Wildman–Crippen MR) is 74.6 cm³/mol. The number of ether oxygens (including phenoxy) is 1. The van der Waals surface area contributed by atoms with Crippen molar-refractivity contribution in [3.05, 3.63) is 0 Å². The molecule has 0 saturated carbocycles. The summed E-state index contributed by atoms with van der Waals surface area (Å²) < 4.78 is 183. The zero-order chi connectivity index (χ0) is 24.1. The van der Waals surface area contributed by atoms with Crippen LogP contribution >= 0.6 is 0 Å². The molecule has 29 heavy (non-hydrogen) atoms. The Labute approximate surface area is 157 Å². The fraction of sp³-hybridized carbons (Fsp3) is 1.00. The van der Waals surface area contributed by atoms with Gasteiger partial charge in [0.1, 0.15) is 6.67 Å². The van der Waals surface area contributed by atoms with Gasteiger partial charge >= 0.3 is 12.2 Å². The third-order valence-corrected chi connectivity index (χ3v) is 4.98. The van der Waals surface area contributed by atoms with Crippen LogP contribution in [0.3, 0.4) is 0 Å². The van der Waals surface area contributed by atoms with Crippen molar-refractivity contribution in [1.82, 2.24) is 0 Å². The summed E-state index contributed by atoms with van der Waals surface area (Å²) in [7, 11) is 0. The molecule has 0 unspecified atom stereocenters. The van der Waals surface area contributed by atoms with Crippen molar-refractivity contribution < 1.29 is 61.8 Å². The van der Waals surface area contributed by atoms with Crippen LogP contribution in [0, 0.1) is 10.8 Å². The highest BCUT2D eigenvalue weighted by Crippen LogP contribution is 2.64. The molecule has 14 heteroatoms. The smallest absolute Gasteiger partial charge is 0.254 e. The van der Waals surface area contributed by atoms with Crippen molar-refractivity contribution in [2.45, 2.75) is 76.9 Å². The Bertz CT molecular complexity index is 485. The second-order valence-corrected chi connectivity index (χ2v) is 6.99. The third-order valence-electron chi connectivity index (χ3n) is 4.98. The molecule has 0 aromatic carbocycles. The quantitative estimate of drug-likeness (QED) is 0.313. The first-order valence-electron chi connectivity index (χ1n) is 7.86. The van der Waals surface area contributed by atoms with Gasteiger partial charge in [0.15, 0.2) is 5.41 Å². The summed E-state index contributed by atoms with van der Waals surface area (Å²) >= 11 is 0. The molecule has 0 atom stereocenters. The van der Waals surface area contributed by atoms with E-state index >= 15 is 0 Å². The molecule has 0 spiro atoms. The lowest BCUT2D eigenvalue weighted by Crippen LogP contribution is -2.69. The zero-order valence-electron chi connectivity index (χ0n) is 15.7. The van der Waals surface area contributed by atoms with E-state index in [1.165, 1.54) is 0 Å². The van der Waals surface area contributed by atoms with E-state index < -0.39 is 87.5 Å². The van der Waals surface area contributed by atoms with Gasteiger partial charge in [0, 0.05) is 27.7 Å². The second-order valence-electron chi connectivity index (χ2n) is 6.99. The molecule has 0 aliphatic rings. The van der Waals surface area contributed by atoms with Crippen LogP contribution in [-0.4, -0.2) is 42.6 Å². The van der Waals surface area contributed by atoms with Crippen molar-refractivity contribution in [3.63, 3.8) is 0 Å². The first kappa shape index (κ1) is 28.1. The summed E-state index contributed by atoms with van der Waals surface area (Å²) in [5, 5.41) is 0. The molecule has 0 rings (SSSR count). The molecule has 0 fully saturated rings. The fourth-order valence-corrected chi connectivity index (χ4v) is 3.27. The Morgan fingerprint density at radius 1 is 0.517 bits per heavy atom. The summed E-state index contributed by atoms with van der Waals surface area (Å²) in [6.45, 7) is -5.42. The number of hydrogen-bond donors (Lipinski definition) is 0. The van der Waals surface area contributed by atoms with Crippen molar-refractivity contribution in [2.24, 2.45) is 10.8 Å². The molecule has 0 aliphatic heterocycles. The van der Waals surface area contributed by atoms with Gasteiger partial charge in [-0.25, -0.2) is 39.5 Å². The molecule has 0 aliphatic carbocycles. The van der Waals surface area contributed by atoms with Gasteiger partial charge in [-0.1, -0.05) is 6.92 Å². The van der Waals surface area contributed by atoms with Gasteiger partial charge in [-0.3, -0.25) is 4.74 Å². The maximum atomic E-state index is 14.4. The summed E-state index contributed by atoms with van der Waals surface area (Å²) in [5.74, 6) is -21.3. The number of hydrogen-bond acceptors (Lipinski definition) is 1. The molecule has 0 saturated heterocycles. The second kappa shape index (κ2) is 7.33.